The summed E-state index contributed by atoms with van der Waals surface area (Å²) >= 11 is 0. The maximum absolute atomic E-state index is 2.34. The van der Waals surface area contributed by atoms with Gasteiger partial charge in [-0.15, -0.1) is 0 Å². The molecular formula is C70H64. The molecule has 0 aliphatic carbocycles. The first-order valence-corrected chi connectivity index (χ1v) is 24.7. The Hall–Kier alpha value is -7.80. The molecule has 0 atom stereocenters. The van der Waals surface area contributed by atoms with Gasteiger partial charge < -0.3 is 0 Å². The van der Waals surface area contributed by atoms with Crippen molar-refractivity contribution >= 4 is 0 Å². The Morgan fingerprint density at radius 2 is 0.314 bits per heavy atom. The third kappa shape index (κ3) is 10.4. The van der Waals surface area contributed by atoms with Gasteiger partial charge >= 0.3 is 0 Å². The summed E-state index contributed by atoms with van der Waals surface area (Å²) in [4.78, 5) is 0. The molecule has 0 amide bonds. The van der Waals surface area contributed by atoms with E-state index in [0.29, 0.717) is 0 Å². The summed E-state index contributed by atoms with van der Waals surface area (Å²) < 4.78 is 0. The van der Waals surface area contributed by atoms with Crippen LogP contribution in [0.15, 0.2) is 206 Å². The topological polar surface area (TPSA) is 0 Å². The maximum Gasteiger partial charge on any atom is -0.0152 e. The molecule has 0 saturated heterocycles. The third-order valence-electron chi connectivity index (χ3n) is 14.1. The number of aryl methyl sites for hydroxylation is 10. The van der Waals surface area contributed by atoms with Crippen LogP contribution < -0.4 is 0 Å². The third-order valence-corrected chi connectivity index (χ3v) is 14.1. The number of hydrogen-bond donors (Lipinski definition) is 0. The normalized spacial score (nSPS) is 11.0. The lowest BCUT2D eigenvalue weighted by molar-refractivity contribution is 1.37. The number of rotatable bonds is 8. The van der Waals surface area contributed by atoms with E-state index >= 15 is 0 Å². The molecule has 0 radical (unpaired) electrons. The average Bonchev–Trinajstić information content (AvgIpc) is 3.37. The van der Waals surface area contributed by atoms with E-state index in [0.717, 1.165) is 0 Å². The lowest BCUT2D eigenvalue weighted by Gasteiger charge is -2.15. The van der Waals surface area contributed by atoms with Gasteiger partial charge in [0, 0.05) is 0 Å². The van der Waals surface area contributed by atoms with Crippen LogP contribution >= 0.6 is 0 Å². The van der Waals surface area contributed by atoms with Crippen LogP contribution in [0.5, 0.6) is 0 Å². The highest BCUT2D eigenvalue weighted by atomic mass is 14.2. The standard InChI is InChI=1S/C36H34.C34H30/c1-23-7-11-29(12-8-23)33-19-27(5)35(21-25(33)3)31-15-17-32(18-16-31)36-22-26(4)34(20-28(36)6)30-13-9-24(2)10-14-30;1-23-5-9-29(10-6-23)33-19-17-31(21-25(33)3)27-13-15-28(16-14-27)32-18-20-34(26(4)22-32)30-11-7-24(2)8-12-30/h7-22H,1-6H3;5-22H,1-4H3. The van der Waals surface area contributed by atoms with Crippen LogP contribution in [0.2, 0.25) is 0 Å². The van der Waals surface area contributed by atoms with Crippen molar-refractivity contribution in [3.8, 4) is 89.0 Å². The van der Waals surface area contributed by atoms with Crippen LogP contribution in [0.3, 0.4) is 0 Å². The van der Waals surface area contributed by atoms with Crippen LogP contribution in [0.1, 0.15) is 55.6 Å². The summed E-state index contributed by atoms with van der Waals surface area (Å²) in [6.45, 7) is 21.8. The van der Waals surface area contributed by atoms with Crippen molar-refractivity contribution in [2.24, 2.45) is 0 Å². The summed E-state index contributed by atoms with van der Waals surface area (Å²) in [6.07, 6.45) is 0. The van der Waals surface area contributed by atoms with Crippen LogP contribution in [-0.4, -0.2) is 0 Å². The Morgan fingerprint density at radius 1 is 0.143 bits per heavy atom. The zero-order valence-electron chi connectivity index (χ0n) is 42.6. The van der Waals surface area contributed by atoms with Gasteiger partial charge in [-0.3, -0.25) is 0 Å². The summed E-state index contributed by atoms with van der Waals surface area (Å²) in [6, 6.07) is 76.1. The van der Waals surface area contributed by atoms with Gasteiger partial charge in [0.05, 0.1) is 0 Å². The van der Waals surface area contributed by atoms with Gasteiger partial charge in [-0.05, 0) is 192 Å². The van der Waals surface area contributed by atoms with Crippen molar-refractivity contribution in [3.05, 3.63) is 262 Å². The molecule has 0 N–H and O–H groups in total. The first-order valence-electron chi connectivity index (χ1n) is 24.7. The van der Waals surface area contributed by atoms with Crippen molar-refractivity contribution in [1.82, 2.24) is 0 Å². The Kier molecular flexibility index (Phi) is 13.8. The van der Waals surface area contributed by atoms with Crippen LogP contribution in [-0.2, 0) is 0 Å². The molecule has 10 aromatic rings. The molecule has 0 aliphatic rings. The molecule has 0 fully saturated rings. The Bertz CT molecular complexity index is 3200. The quantitative estimate of drug-likeness (QED) is 0.143. The zero-order chi connectivity index (χ0) is 49.1. The molecule has 10 aromatic carbocycles. The van der Waals surface area contributed by atoms with Crippen molar-refractivity contribution < 1.29 is 0 Å². The maximum atomic E-state index is 2.34. The van der Waals surface area contributed by atoms with Crippen LogP contribution in [0.4, 0.5) is 0 Å². The van der Waals surface area contributed by atoms with Gasteiger partial charge in [-0.2, -0.15) is 0 Å². The van der Waals surface area contributed by atoms with Crippen LogP contribution in [0.25, 0.3) is 89.0 Å². The largest absolute Gasteiger partial charge is 0.0587 e. The lowest BCUT2D eigenvalue weighted by Crippen LogP contribution is -1.92. The van der Waals surface area contributed by atoms with E-state index in [-0.39, 0.29) is 0 Å². The predicted octanol–water partition coefficient (Wildman–Crippen LogP) is 19.8. The molecule has 10 rings (SSSR count). The molecule has 0 aromatic heterocycles. The SMILES string of the molecule is Cc1ccc(-c2cc(C)c(-c3ccc(-c4cc(C)c(-c5ccc(C)cc5)cc4C)cc3)cc2C)cc1.Cc1ccc(-c2ccc(-c3ccc(-c4ccc(-c5ccc(C)cc5)c(C)c4)cc3)cc2C)cc1. The van der Waals surface area contributed by atoms with Gasteiger partial charge in [0.2, 0.25) is 0 Å². The second-order valence-electron chi connectivity index (χ2n) is 19.6. The fourth-order valence-corrected chi connectivity index (χ4v) is 9.83. The lowest BCUT2D eigenvalue weighted by atomic mass is 9.89. The Morgan fingerprint density at radius 3 is 0.543 bits per heavy atom. The minimum Gasteiger partial charge on any atom is -0.0587 e. The number of hydrogen-bond acceptors (Lipinski definition) is 0. The minimum absolute atomic E-state index is 1.25. The van der Waals surface area contributed by atoms with Gasteiger partial charge in [-0.25, -0.2) is 0 Å². The van der Waals surface area contributed by atoms with Crippen molar-refractivity contribution in [3.63, 3.8) is 0 Å². The molecule has 0 spiro atoms. The molecule has 70 heavy (non-hydrogen) atoms. The zero-order valence-corrected chi connectivity index (χ0v) is 42.6. The molecule has 0 heterocycles. The van der Waals surface area contributed by atoms with Crippen molar-refractivity contribution in [2.45, 2.75) is 69.2 Å². The first kappa shape index (κ1) is 47.3. The van der Waals surface area contributed by atoms with E-state index in [1.807, 2.05) is 0 Å². The minimum atomic E-state index is 1.25. The fraction of sp³-hybridized carbons (Fsp3) is 0.143. The van der Waals surface area contributed by atoms with Crippen molar-refractivity contribution in [2.75, 3.05) is 0 Å². The van der Waals surface area contributed by atoms with E-state index < -0.39 is 0 Å². The van der Waals surface area contributed by atoms with E-state index in [1.165, 1.54) is 145 Å². The molecule has 0 aliphatic heterocycles. The smallest absolute Gasteiger partial charge is 0.0152 e. The molecule has 0 nitrogen and oxygen atoms in total. The summed E-state index contributed by atoms with van der Waals surface area (Å²) in [5.74, 6) is 0. The predicted molar refractivity (Wildman–Crippen MR) is 304 cm³/mol. The second kappa shape index (κ2) is 20.4. The summed E-state index contributed by atoms with van der Waals surface area (Å²) in [5, 5.41) is 0. The van der Waals surface area contributed by atoms with E-state index in [4.69, 9.17) is 0 Å². The second-order valence-corrected chi connectivity index (χ2v) is 19.6. The molecule has 0 saturated carbocycles. The summed E-state index contributed by atoms with van der Waals surface area (Å²) in [7, 11) is 0. The molecular weight excluding hydrogens is 841 g/mol. The van der Waals surface area contributed by atoms with Gasteiger partial charge in [0.1, 0.15) is 0 Å². The molecule has 0 unspecified atom stereocenters. The van der Waals surface area contributed by atoms with E-state index in [2.05, 4.69) is 275 Å². The average molecular weight is 905 g/mol. The molecule has 0 bridgehead atoms. The highest BCUT2D eigenvalue weighted by Crippen LogP contribution is 2.37. The fourth-order valence-electron chi connectivity index (χ4n) is 9.83. The highest BCUT2D eigenvalue weighted by molar-refractivity contribution is 5.81. The Labute approximate surface area is 418 Å². The van der Waals surface area contributed by atoms with E-state index in [1.54, 1.807) is 0 Å². The molecule has 0 heteroatoms. The van der Waals surface area contributed by atoms with Gasteiger partial charge in [0.15, 0.2) is 0 Å². The van der Waals surface area contributed by atoms with Gasteiger partial charge in [0.25, 0.3) is 0 Å². The van der Waals surface area contributed by atoms with Crippen LogP contribution in [0, 0.1) is 69.2 Å². The Balaban J connectivity index is 0.000000174. The number of benzene rings is 10. The summed E-state index contributed by atoms with van der Waals surface area (Å²) in [5.41, 5.74) is 33.4. The van der Waals surface area contributed by atoms with Crippen molar-refractivity contribution in [1.29, 1.82) is 0 Å². The highest BCUT2D eigenvalue weighted by Gasteiger charge is 2.13. The van der Waals surface area contributed by atoms with E-state index in [9.17, 15) is 0 Å². The van der Waals surface area contributed by atoms with Gasteiger partial charge in [-0.1, -0.05) is 229 Å². The first-order chi connectivity index (χ1) is 33.8. The molecule has 344 valence electrons. The monoisotopic (exact) mass is 905 g/mol.